The van der Waals surface area contributed by atoms with Crippen molar-refractivity contribution in [2.45, 2.75) is 32.1 Å². The van der Waals surface area contributed by atoms with Crippen LogP contribution in [0.25, 0.3) is 10.8 Å². The van der Waals surface area contributed by atoms with Crippen LogP contribution in [0.3, 0.4) is 0 Å². The van der Waals surface area contributed by atoms with Gasteiger partial charge in [0.2, 0.25) is 0 Å². The van der Waals surface area contributed by atoms with Crippen molar-refractivity contribution in [1.82, 2.24) is 9.88 Å². The van der Waals surface area contributed by atoms with Gasteiger partial charge in [-0.25, -0.2) is 0 Å². The average molecular weight is 270 g/mol. The van der Waals surface area contributed by atoms with Crippen molar-refractivity contribution in [2.24, 2.45) is 0 Å². The summed E-state index contributed by atoms with van der Waals surface area (Å²) in [5.41, 5.74) is 1.10. The van der Waals surface area contributed by atoms with Crippen LogP contribution in [0.1, 0.15) is 31.4 Å². The lowest BCUT2D eigenvalue weighted by Gasteiger charge is -2.26. The second-order valence-electron chi connectivity index (χ2n) is 5.72. The Bertz CT molecular complexity index is 626. The Labute approximate surface area is 119 Å². The fourth-order valence-electron chi connectivity index (χ4n) is 3.08. The summed E-state index contributed by atoms with van der Waals surface area (Å²) in [6, 6.07) is 9.91. The Kier molecular flexibility index (Phi) is 4.16. The molecule has 1 aliphatic heterocycles. The predicted octanol–water partition coefficient (Wildman–Crippen LogP) is 2.95. The normalized spacial score (nSPS) is 16.6. The van der Waals surface area contributed by atoms with E-state index in [4.69, 9.17) is 0 Å². The first kappa shape index (κ1) is 13.4. The first-order valence-electron chi connectivity index (χ1n) is 7.66. The first-order valence-corrected chi connectivity index (χ1v) is 7.66. The standard InChI is InChI=1S/C17H22N2O/c20-17-16-9-3-2-7-14(16)13-15(18-17)8-6-12-19-10-4-1-5-11-19/h2-3,7,9,13H,1,4-6,8,10-12H2,(H,18,20). The summed E-state index contributed by atoms with van der Waals surface area (Å²) in [6.45, 7) is 3.64. The largest absolute Gasteiger partial charge is 0.326 e. The maximum absolute atomic E-state index is 12.0. The van der Waals surface area contributed by atoms with Gasteiger partial charge in [-0.2, -0.15) is 0 Å². The van der Waals surface area contributed by atoms with Crippen molar-refractivity contribution < 1.29 is 0 Å². The third-order valence-electron chi connectivity index (χ3n) is 4.18. The lowest BCUT2D eigenvalue weighted by molar-refractivity contribution is 0.226. The average Bonchev–Trinajstić information content (AvgIpc) is 2.48. The van der Waals surface area contributed by atoms with E-state index in [9.17, 15) is 4.79 Å². The number of aromatic amines is 1. The van der Waals surface area contributed by atoms with Crippen LogP contribution >= 0.6 is 0 Å². The SMILES string of the molecule is O=c1[nH]c(CCCN2CCCCC2)cc2ccccc12. The number of nitrogens with zero attached hydrogens (tertiary/aromatic N) is 1. The summed E-state index contributed by atoms with van der Waals surface area (Å²) in [4.78, 5) is 17.6. The zero-order chi connectivity index (χ0) is 13.8. The highest BCUT2D eigenvalue weighted by Crippen LogP contribution is 2.12. The van der Waals surface area contributed by atoms with Gasteiger partial charge in [0.15, 0.2) is 0 Å². The van der Waals surface area contributed by atoms with Crippen LogP contribution < -0.4 is 5.56 Å². The van der Waals surface area contributed by atoms with Crippen molar-refractivity contribution in [3.8, 4) is 0 Å². The van der Waals surface area contributed by atoms with E-state index in [1.807, 2.05) is 24.3 Å². The summed E-state index contributed by atoms with van der Waals surface area (Å²) in [6.07, 6.45) is 6.14. The summed E-state index contributed by atoms with van der Waals surface area (Å²) < 4.78 is 0. The van der Waals surface area contributed by atoms with Crippen LogP contribution in [0, 0.1) is 0 Å². The van der Waals surface area contributed by atoms with E-state index in [0.29, 0.717) is 0 Å². The quantitative estimate of drug-likeness (QED) is 0.927. The van der Waals surface area contributed by atoms with Gasteiger partial charge in [0.25, 0.3) is 5.56 Å². The van der Waals surface area contributed by atoms with Crippen LogP contribution in [0.5, 0.6) is 0 Å². The highest BCUT2D eigenvalue weighted by molar-refractivity contribution is 5.81. The minimum atomic E-state index is 0.0380. The lowest BCUT2D eigenvalue weighted by atomic mass is 10.1. The second kappa shape index (κ2) is 6.23. The molecule has 106 valence electrons. The number of fused-ring (bicyclic) bond motifs is 1. The van der Waals surface area contributed by atoms with Gasteiger partial charge in [0.05, 0.1) is 0 Å². The summed E-state index contributed by atoms with van der Waals surface area (Å²) >= 11 is 0. The molecule has 1 fully saturated rings. The Balaban J connectivity index is 1.64. The molecule has 2 heterocycles. The molecule has 0 unspecified atom stereocenters. The van der Waals surface area contributed by atoms with Gasteiger partial charge in [-0.3, -0.25) is 4.79 Å². The molecule has 1 N–H and O–H groups in total. The topological polar surface area (TPSA) is 36.1 Å². The van der Waals surface area contributed by atoms with Crippen LogP contribution in [0.2, 0.25) is 0 Å². The third kappa shape index (κ3) is 3.10. The molecule has 0 spiro atoms. The maximum atomic E-state index is 12.0. The molecule has 0 atom stereocenters. The number of aryl methyl sites for hydroxylation is 1. The van der Waals surface area contributed by atoms with E-state index in [-0.39, 0.29) is 5.56 Å². The highest BCUT2D eigenvalue weighted by atomic mass is 16.1. The van der Waals surface area contributed by atoms with Crippen molar-refractivity contribution in [3.05, 3.63) is 46.4 Å². The van der Waals surface area contributed by atoms with Gasteiger partial charge >= 0.3 is 0 Å². The molecular weight excluding hydrogens is 248 g/mol. The minimum absolute atomic E-state index is 0.0380. The number of hydrogen-bond acceptors (Lipinski definition) is 2. The number of pyridine rings is 1. The van der Waals surface area contributed by atoms with Crippen LogP contribution in [-0.4, -0.2) is 29.5 Å². The minimum Gasteiger partial charge on any atom is -0.326 e. The number of benzene rings is 1. The molecule has 0 radical (unpaired) electrons. The Morgan fingerprint density at radius 3 is 2.75 bits per heavy atom. The number of aromatic nitrogens is 1. The molecule has 0 amide bonds. The van der Waals surface area contributed by atoms with E-state index in [0.717, 1.165) is 35.9 Å². The molecule has 20 heavy (non-hydrogen) atoms. The number of hydrogen-bond donors (Lipinski definition) is 1. The number of rotatable bonds is 4. The molecule has 0 bridgehead atoms. The lowest BCUT2D eigenvalue weighted by Crippen LogP contribution is -2.30. The maximum Gasteiger partial charge on any atom is 0.256 e. The van der Waals surface area contributed by atoms with Gasteiger partial charge in [0.1, 0.15) is 0 Å². The Hall–Kier alpha value is -1.61. The Morgan fingerprint density at radius 1 is 1.10 bits per heavy atom. The molecule has 2 aromatic rings. The van der Waals surface area contributed by atoms with E-state index in [1.54, 1.807) is 0 Å². The zero-order valence-electron chi connectivity index (χ0n) is 11.9. The van der Waals surface area contributed by atoms with Crippen molar-refractivity contribution in [2.75, 3.05) is 19.6 Å². The molecule has 3 heteroatoms. The van der Waals surface area contributed by atoms with Crippen molar-refractivity contribution in [3.63, 3.8) is 0 Å². The molecule has 1 saturated heterocycles. The molecule has 1 aliphatic rings. The number of likely N-dealkylation sites (tertiary alicyclic amines) is 1. The highest BCUT2D eigenvalue weighted by Gasteiger charge is 2.09. The van der Waals surface area contributed by atoms with Crippen LogP contribution in [0.15, 0.2) is 35.1 Å². The smallest absolute Gasteiger partial charge is 0.256 e. The van der Waals surface area contributed by atoms with E-state index in [1.165, 1.54) is 32.4 Å². The number of piperidine rings is 1. The first-order chi connectivity index (χ1) is 9.83. The molecular formula is C17H22N2O. The molecule has 1 aromatic carbocycles. The van der Waals surface area contributed by atoms with Gasteiger partial charge in [0, 0.05) is 11.1 Å². The molecule has 0 aliphatic carbocycles. The van der Waals surface area contributed by atoms with Gasteiger partial charge in [-0.05, 0) is 62.8 Å². The summed E-state index contributed by atoms with van der Waals surface area (Å²) in [5, 5.41) is 1.83. The predicted molar refractivity (Wildman–Crippen MR) is 83.2 cm³/mol. The zero-order valence-corrected chi connectivity index (χ0v) is 11.9. The molecule has 0 saturated carbocycles. The fourth-order valence-corrected chi connectivity index (χ4v) is 3.08. The third-order valence-corrected chi connectivity index (χ3v) is 4.18. The van der Waals surface area contributed by atoms with E-state index in [2.05, 4.69) is 16.0 Å². The van der Waals surface area contributed by atoms with E-state index >= 15 is 0 Å². The number of H-pyrrole nitrogens is 1. The fraction of sp³-hybridized carbons (Fsp3) is 0.471. The van der Waals surface area contributed by atoms with Crippen molar-refractivity contribution >= 4 is 10.8 Å². The number of nitrogens with one attached hydrogen (secondary N) is 1. The molecule has 1 aromatic heterocycles. The summed E-state index contributed by atoms with van der Waals surface area (Å²) in [5.74, 6) is 0. The van der Waals surface area contributed by atoms with Gasteiger partial charge < -0.3 is 9.88 Å². The summed E-state index contributed by atoms with van der Waals surface area (Å²) in [7, 11) is 0. The molecule has 3 rings (SSSR count). The van der Waals surface area contributed by atoms with Crippen LogP contribution in [-0.2, 0) is 6.42 Å². The van der Waals surface area contributed by atoms with Gasteiger partial charge in [-0.1, -0.05) is 24.6 Å². The van der Waals surface area contributed by atoms with E-state index < -0.39 is 0 Å². The van der Waals surface area contributed by atoms with Crippen LogP contribution in [0.4, 0.5) is 0 Å². The monoisotopic (exact) mass is 270 g/mol. The molecule has 3 nitrogen and oxygen atoms in total. The van der Waals surface area contributed by atoms with Gasteiger partial charge in [-0.15, -0.1) is 0 Å². The Morgan fingerprint density at radius 2 is 1.90 bits per heavy atom. The second-order valence-corrected chi connectivity index (χ2v) is 5.72. The van der Waals surface area contributed by atoms with Crippen molar-refractivity contribution in [1.29, 1.82) is 0 Å².